The molecule has 0 amide bonds. The number of nitrogens with zero attached hydrogens (tertiary/aromatic N) is 1. The number of nitrogen functional groups attached to an aromatic ring is 1. The predicted molar refractivity (Wildman–Crippen MR) is 78.7 cm³/mol. The molecule has 0 aliphatic rings. The van der Waals surface area contributed by atoms with Crippen molar-refractivity contribution in [1.82, 2.24) is 4.98 Å². The smallest absolute Gasteiger partial charge is 0.309 e. The van der Waals surface area contributed by atoms with E-state index in [2.05, 4.69) is 4.98 Å². The highest BCUT2D eigenvalue weighted by atomic mass is 16.6. The number of aromatic nitrogens is 1. The number of nitrogens with one attached hydrogen (secondary N) is 1. The highest BCUT2D eigenvalue weighted by molar-refractivity contribution is 5.95. The van der Waals surface area contributed by atoms with Crippen molar-refractivity contribution in [3.63, 3.8) is 0 Å². The summed E-state index contributed by atoms with van der Waals surface area (Å²) in [4.78, 5) is 16.3. The van der Waals surface area contributed by atoms with E-state index in [1.54, 1.807) is 19.1 Å². The number of carbonyl (C=O) groups excluding carboxylic acids is 1. The topological polar surface area (TPSA) is 89.1 Å². The Labute approximate surface area is 120 Å². The van der Waals surface area contributed by atoms with Crippen molar-refractivity contribution in [2.24, 2.45) is 11.7 Å². The Bertz CT molecular complexity index is 518. The fraction of sp³-hybridized carbons (Fsp3) is 0.533. The minimum Gasteiger partial charge on any atom is -0.460 e. The molecule has 0 saturated heterocycles. The molecule has 3 N–H and O–H groups in total. The van der Waals surface area contributed by atoms with Crippen molar-refractivity contribution in [2.75, 3.05) is 0 Å². The van der Waals surface area contributed by atoms with E-state index in [1.165, 1.54) is 0 Å². The highest BCUT2D eigenvalue weighted by Gasteiger charge is 2.22. The summed E-state index contributed by atoms with van der Waals surface area (Å²) < 4.78 is 5.34. The highest BCUT2D eigenvalue weighted by Crippen LogP contribution is 2.15. The van der Waals surface area contributed by atoms with Crippen molar-refractivity contribution in [1.29, 1.82) is 5.41 Å². The summed E-state index contributed by atoms with van der Waals surface area (Å²) in [5.74, 6) is -0.487. The van der Waals surface area contributed by atoms with Gasteiger partial charge < -0.3 is 10.5 Å². The van der Waals surface area contributed by atoms with Crippen LogP contribution in [0, 0.1) is 18.3 Å². The van der Waals surface area contributed by atoms with Crippen LogP contribution in [0.2, 0.25) is 0 Å². The van der Waals surface area contributed by atoms with Crippen LogP contribution in [0.1, 0.15) is 44.6 Å². The van der Waals surface area contributed by atoms with Crippen molar-refractivity contribution >= 4 is 11.8 Å². The van der Waals surface area contributed by atoms with Crippen molar-refractivity contribution in [2.45, 2.75) is 46.6 Å². The van der Waals surface area contributed by atoms with Gasteiger partial charge >= 0.3 is 5.97 Å². The minimum absolute atomic E-state index is 0.00161. The molecule has 0 spiro atoms. The van der Waals surface area contributed by atoms with Gasteiger partial charge in [0.25, 0.3) is 0 Å². The second-order valence-electron chi connectivity index (χ2n) is 5.99. The molecule has 0 fully saturated rings. The third-order valence-corrected chi connectivity index (χ3v) is 2.76. The molecule has 1 heterocycles. The Hall–Kier alpha value is -1.91. The van der Waals surface area contributed by atoms with Crippen LogP contribution in [0.15, 0.2) is 12.1 Å². The van der Waals surface area contributed by atoms with E-state index in [1.807, 2.05) is 27.7 Å². The van der Waals surface area contributed by atoms with Gasteiger partial charge in [-0.2, -0.15) is 0 Å². The number of rotatable bonds is 4. The molecule has 1 atom stereocenters. The summed E-state index contributed by atoms with van der Waals surface area (Å²) in [6.07, 6.45) is 0.508. The maximum atomic E-state index is 11.9. The SMILES string of the molecule is Cc1nc(CC(C)C(=O)OC(C)(C)C)ccc1C(=N)N. The zero-order valence-electron chi connectivity index (χ0n) is 12.8. The molecule has 110 valence electrons. The Kier molecular flexibility index (Phi) is 4.87. The maximum absolute atomic E-state index is 11.9. The molecule has 0 aliphatic heterocycles. The summed E-state index contributed by atoms with van der Waals surface area (Å²) in [5, 5.41) is 7.42. The first-order valence-electron chi connectivity index (χ1n) is 6.64. The number of esters is 1. The zero-order chi connectivity index (χ0) is 15.5. The number of ether oxygens (including phenoxy) is 1. The van der Waals surface area contributed by atoms with Crippen LogP contribution in [0.4, 0.5) is 0 Å². The van der Waals surface area contributed by atoms with Crippen molar-refractivity contribution < 1.29 is 9.53 Å². The molecule has 1 unspecified atom stereocenters. The summed E-state index contributed by atoms with van der Waals surface area (Å²) in [7, 11) is 0. The number of nitrogens with two attached hydrogens (primary N) is 1. The molecule has 5 nitrogen and oxygen atoms in total. The Morgan fingerprint density at radius 3 is 2.50 bits per heavy atom. The first-order chi connectivity index (χ1) is 9.10. The molecular weight excluding hydrogens is 254 g/mol. The van der Waals surface area contributed by atoms with Gasteiger partial charge in [-0.15, -0.1) is 0 Å². The average molecular weight is 277 g/mol. The molecule has 1 rings (SSSR count). The van der Waals surface area contributed by atoms with Crippen LogP contribution in [-0.4, -0.2) is 22.4 Å². The normalized spacial score (nSPS) is 12.8. The lowest BCUT2D eigenvalue weighted by Gasteiger charge is -2.22. The van der Waals surface area contributed by atoms with Crippen molar-refractivity contribution in [3.05, 3.63) is 29.1 Å². The van der Waals surface area contributed by atoms with E-state index in [-0.39, 0.29) is 17.7 Å². The molecule has 0 bridgehead atoms. The molecule has 0 aromatic carbocycles. The molecule has 20 heavy (non-hydrogen) atoms. The van der Waals surface area contributed by atoms with E-state index < -0.39 is 5.60 Å². The van der Waals surface area contributed by atoms with Gasteiger partial charge in [-0.05, 0) is 39.8 Å². The summed E-state index contributed by atoms with van der Waals surface area (Å²) in [6.45, 7) is 9.17. The van der Waals surface area contributed by atoms with Crippen LogP contribution >= 0.6 is 0 Å². The molecule has 1 aromatic rings. The fourth-order valence-corrected chi connectivity index (χ4v) is 1.81. The van der Waals surface area contributed by atoms with Crippen LogP contribution in [0.5, 0.6) is 0 Å². The van der Waals surface area contributed by atoms with Gasteiger partial charge in [0.15, 0.2) is 0 Å². The third-order valence-electron chi connectivity index (χ3n) is 2.76. The quantitative estimate of drug-likeness (QED) is 0.501. The molecule has 0 aliphatic carbocycles. The monoisotopic (exact) mass is 277 g/mol. The number of hydrogen-bond donors (Lipinski definition) is 2. The number of amidine groups is 1. The predicted octanol–water partition coefficient (Wildman–Crippen LogP) is 2.19. The van der Waals surface area contributed by atoms with Gasteiger partial charge in [0, 0.05) is 23.4 Å². The minimum atomic E-state index is -0.479. The summed E-state index contributed by atoms with van der Waals surface area (Å²) in [5.41, 5.74) is 7.09. The zero-order valence-corrected chi connectivity index (χ0v) is 12.8. The largest absolute Gasteiger partial charge is 0.460 e. The Morgan fingerprint density at radius 2 is 2.05 bits per heavy atom. The summed E-state index contributed by atoms with van der Waals surface area (Å²) in [6, 6.07) is 3.56. The van der Waals surface area contributed by atoms with Gasteiger partial charge in [0.2, 0.25) is 0 Å². The van der Waals surface area contributed by atoms with E-state index in [9.17, 15) is 4.79 Å². The van der Waals surface area contributed by atoms with Crippen LogP contribution in [0.3, 0.4) is 0 Å². The van der Waals surface area contributed by atoms with Crippen LogP contribution in [0.25, 0.3) is 0 Å². The second kappa shape index (κ2) is 6.03. The van der Waals surface area contributed by atoms with E-state index in [0.717, 1.165) is 5.69 Å². The molecular formula is C15H23N3O2. The average Bonchev–Trinajstić information content (AvgIpc) is 2.26. The van der Waals surface area contributed by atoms with E-state index >= 15 is 0 Å². The van der Waals surface area contributed by atoms with Gasteiger partial charge in [-0.1, -0.05) is 6.92 Å². The van der Waals surface area contributed by atoms with Crippen molar-refractivity contribution in [3.8, 4) is 0 Å². The molecule has 0 saturated carbocycles. The lowest BCUT2D eigenvalue weighted by Crippen LogP contribution is -2.28. The number of hydrogen-bond acceptors (Lipinski definition) is 4. The molecule has 1 aromatic heterocycles. The lowest BCUT2D eigenvalue weighted by molar-refractivity contribution is -0.159. The fourth-order valence-electron chi connectivity index (χ4n) is 1.81. The third kappa shape index (κ3) is 4.64. The first-order valence-corrected chi connectivity index (χ1v) is 6.64. The molecule has 0 radical (unpaired) electrons. The van der Waals surface area contributed by atoms with Crippen LogP contribution in [-0.2, 0) is 16.0 Å². The summed E-state index contributed by atoms with van der Waals surface area (Å²) >= 11 is 0. The maximum Gasteiger partial charge on any atom is 0.309 e. The first kappa shape index (κ1) is 16.1. The van der Waals surface area contributed by atoms with E-state index in [4.69, 9.17) is 15.9 Å². The van der Waals surface area contributed by atoms with E-state index in [0.29, 0.717) is 17.7 Å². The number of carbonyl (C=O) groups is 1. The number of aryl methyl sites for hydroxylation is 1. The lowest BCUT2D eigenvalue weighted by atomic mass is 10.0. The van der Waals surface area contributed by atoms with Gasteiger partial charge in [0.1, 0.15) is 11.4 Å². The second-order valence-corrected chi connectivity index (χ2v) is 5.99. The van der Waals surface area contributed by atoms with Gasteiger partial charge in [-0.25, -0.2) is 0 Å². The standard InChI is InChI=1S/C15H23N3O2/c1-9(14(19)20-15(3,4)5)8-11-6-7-12(13(16)17)10(2)18-11/h6-7,9H,8H2,1-5H3,(H3,16,17). The van der Waals surface area contributed by atoms with Gasteiger partial charge in [0.05, 0.1) is 5.92 Å². The Morgan fingerprint density at radius 1 is 1.45 bits per heavy atom. The van der Waals surface area contributed by atoms with Crippen LogP contribution < -0.4 is 5.73 Å². The Balaban J connectivity index is 2.76. The number of pyridine rings is 1. The van der Waals surface area contributed by atoms with Gasteiger partial charge in [-0.3, -0.25) is 15.2 Å². The molecule has 5 heteroatoms.